The van der Waals surface area contributed by atoms with Crippen LogP contribution in [0.15, 0.2) is 16.9 Å². The minimum absolute atomic E-state index is 0.0523. The van der Waals surface area contributed by atoms with E-state index in [2.05, 4.69) is 5.32 Å². The van der Waals surface area contributed by atoms with Gasteiger partial charge in [-0.15, -0.1) is 0 Å². The van der Waals surface area contributed by atoms with Crippen molar-refractivity contribution in [2.45, 2.75) is 70.9 Å². The van der Waals surface area contributed by atoms with E-state index in [1.807, 2.05) is 6.92 Å². The number of aryl methyl sites for hydroxylation is 1. The molecule has 3 atom stereocenters. The first kappa shape index (κ1) is 24.1. The van der Waals surface area contributed by atoms with Crippen LogP contribution in [-0.4, -0.2) is 37.7 Å². The minimum atomic E-state index is -1.92. The van der Waals surface area contributed by atoms with Crippen LogP contribution in [0.4, 0.5) is 0 Å². The number of rotatable bonds is 3. The third-order valence-corrected chi connectivity index (χ3v) is 8.47. The zero-order valence-electron chi connectivity index (χ0n) is 20.6. The van der Waals surface area contributed by atoms with Gasteiger partial charge in [0.25, 0.3) is 5.56 Å². The number of hydrogen-bond acceptors (Lipinski definition) is 7. The zero-order valence-corrected chi connectivity index (χ0v) is 21.4. The Hall–Kier alpha value is -3.27. The van der Waals surface area contributed by atoms with Crippen LogP contribution in [0.5, 0.6) is 0 Å². The molecule has 3 N–H and O–H groups in total. The largest absolute Gasteiger partial charge is 0.458 e. The zero-order chi connectivity index (χ0) is 26.4. The number of esters is 1. The number of aromatic nitrogens is 2. The van der Waals surface area contributed by atoms with E-state index in [4.69, 9.17) is 21.3 Å². The van der Waals surface area contributed by atoms with Gasteiger partial charge >= 0.3 is 5.97 Å². The summed E-state index contributed by atoms with van der Waals surface area (Å²) in [6, 6.07) is 3.06. The Bertz CT molecular complexity index is 1610. The first-order valence-corrected chi connectivity index (χ1v) is 12.7. The lowest BCUT2D eigenvalue weighted by Crippen LogP contribution is -2.44. The summed E-state index contributed by atoms with van der Waals surface area (Å²) in [4.78, 5) is 43.6. The van der Waals surface area contributed by atoms with Gasteiger partial charge in [0.2, 0.25) is 5.91 Å². The van der Waals surface area contributed by atoms with Crippen molar-refractivity contribution in [1.29, 1.82) is 0 Å². The number of aliphatic hydroxyl groups is 2. The highest BCUT2D eigenvalue weighted by Crippen LogP contribution is 2.46. The molecule has 0 unspecified atom stereocenters. The van der Waals surface area contributed by atoms with Gasteiger partial charge in [-0.25, -0.2) is 9.78 Å². The van der Waals surface area contributed by atoms with E-state index in [0.717, 1.165) is 27.6 Å². The second-order valence-corrected chi connectivity index (χ2v) is 10.5. The fraction of sp³-hybridized carbons (Fsp3) is 0.407. The highest BCUT2D eigenvalue weighted by molar-refractivity contribution is 6.32. The van der Waals surface area contributed by atoms with E-state index in [1.54, 1.807) is 23.6 Å². The van der Waals surface area contributed by atoms with Crippen LogP contribution in [0.1, 0.15) is 66.1 Å². The molecule has 0 fully saturated rings. The minimum Gasteiger partial charge on any atom is -0.458 e. The number of carbonyl (C=O) groups is 2. The lowest BCUT2D eigenvalue weighted by Gasteiger charge is -2.31. The molecule has 0 spiro atoms. The molecule has 2 aromatic heterocycles. The van der Waals surface area contributed by atoms with E-state index < -0.39 is 29.6 Å². The molecule has 1 aromatic carbocycles. The molecule has 37 heavy (non-hydrogen) atoms. The highest BCUT2D eigenvalue weighted by Gasteiger charge is 2.46. The molecule has 192 valence electrons. The van der Waals surface area contributed by atoms with Gasteiger partial charge in [-0.05, 0) is 61.9 Å². The van der Waals surface area contributed by atoms with Gasteiger partial charge in [0.15, 0.2) is 5.60 Å². The molecule has 9 nitrogen and oxygen atoms in total. The quantitative estimate of drug-likeness (QED) is 0.352. The Kier molecular flexibility index (Phi) is 5.28. The Morgan fingerprint density at radius 1 is 1.32 bits per heavy atom. The molecule has 1 amide bonds. The Labute approximate surface area is 217 Å². The molecule has 1 aliphatic carbocycles. The van der Waals surface area contributed by atoms with Gasteiger partial charge in [-0.1, -0.05) is 18.5 Å². The van der Waals surface area contributed by atoms with Gasteiger partial charge in [0.1, 0.15) is 12.7 Å². The molecule has 4 heterocycles. The number of nitrogens with one attached hydrogen (secondary N) is 1. The predicted molar refractivity (Wildman–Crippen MR) is 135 cm³/mol. The van der Waals surface area contributed by atoms with Crippen molar-refractivity contribution < 1.29 is 24.5 Å². The summed E-state index contributed by atoms with van der Waals surface area (Å²) in [7, 11) is 0. The van der Waals surface area contributed by atoms with E-state index in [0.29, 0.717) is 34.8 Å². The summed E-state index contributed by atoms with van der Waals surface area (Å²) in [6.07, 6.45) is 0.148. The lowest BCUT2D eigenvalue weighted by atomic mass is 9.81. The summed E-state index contributed by atoms with van der Waals surface area (Å²) in [5.41, 5.74) is 3.54. The molecule has 6 rings (SSSR count). The van der Waals surface area contributed by atoms with E-state index in [9.17, 15) is 24.6 Å². The second kappa shape index (κ2) is 8.11. The molecular weight excluding hydrogens is 498 g/mol. The van der Waals surface area contributed by atoms with Crippen molar-refractivity contribution in [3.8, 4) is 11.4 Å². The first-order valence-electron chi connectivity index (χ1n) is 12.4. The second-order valence-electron chi connectivity index (χ2n) is 10.1. The van der Waals surface area contributed by atoms with Crippen LogP contribution in [0, 0.1) is 6.92 Å². The highest BCUT2D eigenvalue weighted by atomic mass is 35.5. The topological polar surface area (TPSA) is 131 Å². The summed E-state index contributed by atoms with van der Waals surface area (Å²) in [5.74, 6) is -1.26. The van der Waals surface area contributed by atoms with Gasteiger partial charge in [0.05, 0.1) is 35.1 Å². The number of pyridine rings is 2. The van der Waals surface area contributed by atoms with Gasteiger partial charge in [-0.3, -0.25) is 9.59 Å². The van der Waals surface area contributed by atoms with E-state index in [-0.39, 0.29) is 36.3 Å². The van der Waals surface area contributed by atoms with Crippen molar-refractivity contribution in [2.75, 3.05) is 0 Å². The number of ether oxygens (including phenoxy) is 1. The smallest absolute Gasteiger partial charge is 0.343 e. The Morgan fingerprint density at radius 3 is 2.78 bits per heavy atom. The summed E-state index contributed by atoms with van der Waals surface area (Å²) in [6.45, 7) is 5.04. The number of hydrogen-bond donors (Lipinski definition) is 3. The summed E-state index contributed by atoms with van der Waals surface area (Å²) < 4.78 is 6.75. The number of carbonyl (C=O) groups excluding carboxylic acids is 2. The van der Waals surface area contributed by atoms with Crippen LogP contribution < -0.4 is 10.9 Å². The van der Waals surface area contributed by atoms with Crippen molar-refractivity contribution in [2.24, 2.45) is 0 Å². The maximum absolute atomic E-state index is 13.6. The molecule has 0 radical (unpaired) electrons. The molecule has 2 aliphatic heterocycles. The van der Waals surface area contributed by atoms with Crippen molar-refractivity contribution in [1.82, 2.24) is 14.9 Å². The lowest BCUT2D eigenvalue weighted by molar-refractivity contribution is -0.172. The predicted octanol–water partition coefficient (Wildman–Crippen LogP) is 2.53. The Morgan fingerprint density at radius 2 is 2.08 bits per heavy atom. The third-order valence-electron chi connectivity index (χ3n) is 8.07. The van der Waals surface area contributed by atoms with Crippen LogP contribution in [0.25, 0.3) is 22.3 Å². The SMILES string of the molecule is CC[C@@]1(O)C(=O)OCc2c1cc1n(c2=O)Cc2c-1nc1cc(Cl)c(C)c3c1c2[C@@H](NC(=O)[C@@H](C)O)CC3. The standard InChI is InChI=1S/C27H26ClN3O6/c1-4-27(36)16-7-20-23-14(9-31(20)25(34)15(16)10-37-26(27)35)22-18(30-24(33)12(3)32)6-5-13-11(2)17(28)8-19(29-23)21(13)22/h7-8,12,18,32,36H,4-6,9-10H2,1-3H3,(H,30,33)/t12-,18+,27+/m1/s1. The Balaban J connectivity index is 1.65. The normalized spacial score (nSPS) is 22.2. The summed E-state index contributed by atoms with van der Waals surface area (Å²) >= 11 is 6.57. The fourth-order valence-corrected chi connectivity index (χ4v) is 6.21. The average molecular weight is 524 g/mol. The molecule has 3 aliphatic rings. The molecule has 10 heteroatoms. The van der Waals surface area contributed by atoms with Crippen LogP contribution >= 0.6 is 11.6 Å². The maximum Gasteiger partial charge on any atom is 0.343 e. The van der Waals surface area contributed by atoms with Crippen molar-refractivity contribution in [3.63, 3.8) is 0 Å². The average Bonchev–Trinajstić information content (AvgIpc) is 3.24. The number of halogens is 1. The molecule has 0 saturated carbocycles. The third kappa shape index (κ3) is 3.24. The number of benzene rings is 1. The van der Waals surface area contributed by atoms with Gasteiger partial charge in [0, 0.05) is 21.5 Å². The monoisotopic (exact) mass is 523 g/mol. The first-order chi connectivity index (χ1) is 17.6. The number of nitrogens with zero attached hydrogens (tertiary/aromatic N) is 2. The number of cyclic esters (lactones) is 1. The van der Waals surface area contributed by atoms with Gasteiger partial charge in [-0.2, -0.15) is 0 Å². The maximum atomic E-state index is 13.6. The number of amides is 1. The molecule has 3 aromatic rings. The molecular formula is C27H26ClN3O6. The number of fused-ring (bicyclic) bond motifs is 5. The number of aliphatic hydroxyl groups excluding tert-OH is 1. The van der Waals surface area contributed by atoms with Crippen molar-refractivity contribution in [3.05, 3.63) is 60.9 Å². The van der Waals surface area contributed by atoms with E-state index >= 15 is 0 Å². The van der Waals surface area contributed by atoms with Crippen LogP contribution in [0.3, 0.4) is 0 Å². The van der Waals surface area contributed by atoms with Gasteiger partial charge < -0.3 is 24.8 Å². The molecule has 0 saturated heterocycles. The fourth-order valence-electron chi connectivity index (χ4n) is 5.99. The van der Waals surface area contributed by atoms with Crippen molar-refractivity contribution >= 4 is 34.4 Å². The van der Waals surface area contributed by atoms with E-state index in [1.165, 1.54) is 6.92 Å². The van der Waals surface area contributed by atoms with Crippen LogP contribution in [-0.2, 0) is 39.5 Å². The molecule has 0 bridgehead atoms. The van der Waals surface area contributed by atoms with Crippen LogP contribution in [0.2, 0.25) is 5.02 Å². The summed E-state index contributed by atoms with van der Waals surface area (Å²) in [5, 5.41) is 25.5.